The molecule has 0 aliphatic carbocycles. The van der Waals surface area contributed by atoms with E-state index < -0.39 is 5.60 Å². The molecule has 1 aromatic carbocycles. The number of hydrogen-bond donors (Lipinski definition) is 1. The predicted molar refractivity (Wildman–Crippen MR) is 131 cm³/mol. The number of piperidine rings is 1. The molecule has 1 N–H and O–H groups in total. The third kappa shape index (κ3) is 4.82. The monoisotopic (exact) mass is 569 g/mol. The number of alkyl halides is 1. The molecule has 1 unspecified atom stereocenters. The van der Waals surface area contributed by atoms with Crippen molar-refractivity contribution in [3.05, 3.63) is 66.6 Å². The second kappa shape index (κ2) is 9.64. The fourth-order valence-electron chi connectivity index (χ4n) is 4.77. The average molecular weight is 569 g/mol. The molecule has 1 aliphatic heterocycles. The van der Waals surface area contributed by atoms with E-state index in [1.165, 1.54) is 5.56 Å². The first-order valence-corrected chi connectivity index (χ1v) is 14.6. The molecular formula is C27H30IN4O2-. The van der Waals surface area contributed by atoms with Crippen molar-refractivity contribution in [2.24, 2.45) is 0 Å². The van der Waals surface area contributed by atoms with Gasteiger partial charge in [0.05, 0.1) is 5.60 Å². The maximum atomic E-state index is 10.4. The second-order valence-corrected chi connectivity index (χ2v) is 11.2. The number of aromatic nitrogens is 3. The van der Waals surface area contributed by atoms with Gasteiger partial charge in [0.1, 0.15) is 0 Å². The van der Waals surface area contributed by atoms with Crippen molar-refractivity contribution in [2.75, 3.05) is 25.1 Å². The minimum absolute atomic E-state index is 0.173. The van der Waals surface area contributed by atoms with Crippen molar-refractivity contribution in [3.63, 3.8) is 0 Å². The van der Waals surface area contributed by atoms with Crippen LogP contribution in [-0.4, -0.2) is 53.5 Å². The van der Waals surface area contributed by atoms with Gasteiger partial charge in [-0.15, -0.1) is 0 Å². The summed E-state index contributed by atoms with van der Waals surface area (Å²) >= 11 is -0.173. The number of hydrogen-bond acceptors (Lipinski definition) is 5. The molecule has 34 heavy (non-hydrogen) atoms. The average Bonchev–Trinajstić information content (AvgIpc) is 3.22. The van der Waals surface area contributed by atoms with E-state index in [1.807, 2.05) is 25.4 Å². The van der Waals surface area contributed by atoms with Gasteiger partial charge in [0, 0.05) is 0 Å². The van der Waals surface area contributed by atoms with E-state index in [0.29, 0.717) is 5.88 Å². The molecule has 5 rings (SSSR count). The molecule has 4 heterocycles. The van der Waals surface area contributed by atoms with Gasteiger partial charge in [-0.3, -0.25) is 0 Å². The second-order valence-electron chi connectivity index (χ2n) is 9.22. The van der Waals surface area contributed by atoms with Crippen LogP contribution in [-0.2, 0) is 6.54 Å². The minimum atomic E-state index is -0.576. The number of methoxy groups -OCH3 is 1. The Morgan fingerprint density at radius 1 is 1.06 bits per heavy atom. The molecule has 0 spiro atoms. The first-order valence-electron chi connectivity index (χ1n) is 11.5. The quantitative estimate of drug-likeness (QED) is 0.283. The van der Waals surface area contributed by atoms with Crippen LogP contribution in [0.2, 0.25) is 0 Å². The molecule has 0 bridgehead atoms. The van der Waals surface area contributed by atoms with Crippen molar-refractivity contribution >= 4 is 11.0 Å². The van der Waals surface area contributed by atoms with Gasteiger partial charge in [-0.1, -0.05) is 0 Å². The van der Waals surface area contributed by atoms with Gasteiger partial charge in [-0.25, -0.2) is 0 Å². The van der Waals surface area contributed by atoms with Gasteiger partial charge in [0.15, 0.2) is 0 Å². The summed E-state index contributed by atoms with van der Waals surface area (Å²) in [5, 5.41) is 11.5. The van der Waals surface area contributed by atoms with E-state index in [4.69, 9.17) is 9.72 Å². The van der Waals surface area contributed by atoms with Crippen LogP contribution in [0.1, 0.15) is 25.3 Å². The van der Waals surface area contributed by atoms with Gasteiger partial charge in [-0.2, -0.15) is 0 Å². The standard InChI is InChI=1S/C27H30IN4O2/c1-27(33)11-4-12-31(18-27)16-19-5-7-20(8-6-19)22-13-23-24(17-32(28-2)26(23)30-15-22)21-9-10-25(34-3)29-14-21/h5-10,13-15,17,33H,4,11-12,16,18H2,1-3H3/q-1. The summed E-state index contributed by atoms with van der Waals surface area (Å²) in [7, 11) is 1.63. The number of likely N-dealkylation sites (tertiary alicyclic amines) is 1. The third-order valence-electron chi connectivity index (χ3n) is 6.49. The molecule has 0 saturated carbocycles. The van der Waals surface area contributed by atoms with E-state index in [0.717, 1.165) is 65.8 Å². The van der Waals surface area contributed by atoms with Crippen LogP contribution < -0.4 is 26.2 Å². The number of fused-ring (bicyclic) bond motifs is 1. The van der Waals surface area contributed by atoms with E-state index in [2.05, 4.69) is 60.2 Å². The summed E-state index contributed by atoms with van der Waals surface area (Å²) < 4.78 is 7.51. The Labute approximate surface area is 211 Å². The first kappa shape index (κ1) is 23.3. The van der Waals surface area contributed by atoms with Crippen molar-refractivity contribution < 1.29 is 31.3 Å². The number of rotatable bonds is 6. The molecule has 0 radical (unpaired) electrons. The SMILES string of the molecule is COc1ccc(-c2cn([I-]C)c3ncc(-c4ccc(CN5CCCC(C)(O)C5)cc4)cc23)cn1. The van der Waals surface area contributed by atoms with Crippen molar-refractivity contribution in [2.45, 2.75) is 31.9 Å². The van der Waals surface area contributed by atoms with E-state index in [1.54, 1.807) is 7.11 Å². The Morgan fingerprint density at radius 2 is 1.82 bits per heavy atom. The number of pyridine rings is 2. The summed E-state index contributed by atoms with van der Waals surface area (Å²) in [5.74, 6) is 0.613. The molecule has 1 aliphatic rings. The summed E-state index contributed by atoms with van der Waals surface area (Å²) in [5.41, 5.74) is 6.19. The van der Waals surface area contributed by atoms with E-state index >= 15 is 0 Å². The number of benzene rings is 1. The predicted octanol–water partition coefficient (Wildman–Crippen LogP) is 1.60. The van der Waals surface area contributed by atoms with Crippen LogP contribution in [0.4, 0.5) is 0 Å². The Balaban J connectivity index is 1.43. The van der Waals surface area contributed by atoms with Crippen molar-refractivity contribution in [1.82, 2.24) is 17.6 Å². The van der Waals surface area contributed by atoms with Crippen LogP contribution in [0.3, 0.4) is 0 Å². The Bertz CT molecular complexity index is 1280. The number of nitrogens with zero attached hydrogens (tertiary/aromatic N) is 4. The van der Waals surface area contributed by atoms with Crippen LogP contribution in [0.5, 0.6) is 5.88 Å². The third-order valence-corrected chi connectivity index (χ3v) is 8.26. The Kier molecular flexibility index (Phi) is 6.59. The molecule has 3 aromatic heterocycles. The van der Waals surface area contributed by atoms with Gasteiger partial charge in [-0.05, 0) is 19.8 Å². The zero-order valence-corrected chi connectivity index (χ0v) is 22.0. The first-order chi connectivity index (χ1) is 16.5. The maximum absolute atomic E-state index is 10.4. The zero-order valence-electron chi connectivity index (χ0n) is 19.8. The molecule has 1 fully saturated rings. The van der Waals surface area contributed by atoms with Crippen LogP contribution >= 0.6 is 0 Å². The van der Waals surface area contributed by atoms with E-state index in [9.17, 15) is 5.11 Å². The summed E-state index contributed by atoms with van der Waals surface area (Å²) in [6.45, 7) is 4.58. The van der Waals surface area contributed by atoms with Crippen molar-refractivity contribution in [3.8, 4) is 28.1 Å². The molecule has 7 heteroatoms. The topological polar surface area (TPSA) is 63.4 Å². The van der Waals surface area contributed by atoms with E-state index in [-0.39, 0.29) is 21.5 Å². The molecule has 178 valence electrons. The molecule has 1 atom stereocenters. The number of β-amino-alcohol motifs (C(OH)–C–C–N with tert-alkyl or cyclic N) is 1. The molecule has 4 aromatic rings. The molecule has 0 amide bonds. The van der Waals surface area contributed by atoms with Gasteiger partial charge >= 0.3 is 181 Å². The molecular weight excluding hydrogens is 539 g/mol. The Morgan fingerprint density at radius 3 is 2.50 bits per heavy atom. The van der Waals surface area contributed by atoms with Gasteiger partial charge in [0.25, 0.3) is 0 Å². The zero-order chi connectivity index (χ0) is 23.7. The number of ether oxygens (including phenoxy) is 1. The number of aliphatic hydroxyl groups is 1. The normalized spacial score (nSPS) is 19.1. The number of halogens is 1. The Hall–Kier alpha value is -2.49. The summed E-state index contributed by atoms with van der Waals surface area (Å²) in [6, 6.07) is 14.9. The summed E-state index contributed by atoms with van der Waals surface area (Å²) in [4.78, 5) is 13.8. The van der Waals surface area contributed by atoms with Gasteiger partial charge < -0.3 is 5.11 Å². The van der Waals surface area contributed by atoms with Crippen molar-refractivity contribution in [1.29, 1.82) is 0 Å². The van der Waals surface area contributed by atoms with Crippen LogP contribution in [0, 0.1) is 0 Å². The van der Waals surface area contributed by atoms with Crippen LogP contribution in [0.15, 0.2) is 61.1 Å². The fourth-order valence-corrected chi connectivity index (χ4v) is 6.16. The van der Waals surface area contributed by atoms with Crippen LogP contribution in [0.25, 0.3) is 33.3 Å². The van der Waals surface area contributed by atoms with Gasteiger partial charge in [0.2, 0.25) is 0 Å². The molecule has 6 nitrogen and oxygen atoms in total. The summed E-state index contributed by atoms with van der Waals surface area (Å²) in [6.07, 6.45) is 7.97. The fraction of sp³-hybridized carbons (Fsp3) is 0.333. The molecule has 1 saturated heterocycles.